The van der Waals surface area contributed by atoms with Gasteiger partial charge in [0.05, 0.1) is 23.1 Å². The second-order valence-corrected chi connectivity index (χ2v) is 6.13. The van der Waals surface area contributed by atoms with Crippen LogP contribution in [-0.2, 0) is 6.54 Å². The van der Waals surface area contributed by atoms with E-state index >= 15 is 0 Å². The van der Waals surface area contributed by atoms with E-state index in [4.69, 9.17) is 23.2 Å². The molecule has 3 aromatic heterocycles. The number of aromatic nitrogens is 5. The van der Waals surface area contributed by atoms with E-state index in [0.717, 1.165) is 5.69 Å². The van der Waals surface area contributed by atoms with Crippen LogP contribution in [0.1, 0.15) is 28.7 Å². The number of imidazole rings is 1. The first kappa shape index (κ1) is 17.4. The Morgan fingerprint density at radius 3 is 2.52 bits per heavy atom. The summed E-state index contributed by atoms with van der Waals surface area (Å²) in [7, 11) is 0. The van der Waals surface area contributed by atoms with Crippen LogP contribution in [-0.4, -0.2) is 30.2 Å². The second kappa shape index (κ2) is 6.85. The lowest BCUT2D eigenvalue weighted by Gasteiger charge is -2.07. The van der Waals surface area contributed by atoms with Crippen LogP contribution >= 0.6 is 23.2 Å². The predicted octanol–water partition coefficient (Wildman–Crippen LogP) is 3.66. The molecule has 0 aromatic carbocycles. The third-order valence-electron chi connectivity index (χ3n) is 3.83. The molecule has 3 rings (SSSR count). The van der Waals surface area contributed by atoms with Crippen molar-refractivity contribution in [3.63, 3.8) is 0 Å². The Morgan fingerprint density at radius 2 is 2.00 bits per heavy atom. The number of hydrogen-bond donors (Lipinski definition) is 1. The van der Waals surface area contributed by atoms with Gasteiger partial charge in [-0.3, -0.25) is 14.0 Å². The molecule has 0 aliphatic rings. The molecule has 0 aliphatic heterocycles. The van der Waals surface area contributed by atoms with Gasteiger partial charge in [-0.25, -0.2) is 9.97 Å². The number of carbonyl (C=O) groups is 1. The molecule has 25 heavy (non-hydrogen) atoms. The SMILES string of the molecule is CCn1nc(C)c(C(=O)Nc2ccc(-n3cnc(Cl)c3Cl)nc2)c1C. The van der Waals surface area contributed by atoms with Gasteiger partial charge in [0, 0.05) is 12.2 Å². The van der Waals surface area contributed by atoms with Gasteiger partial charge < -0.3 is 5.32 Å². The van der Waals surface area contributed by atoms with Crippen molar-refractivity contribution in [2.45, 2.75) is 27.3 Å². The third kappa shape index (κ3) is 3.25. The maximum Gasteiger partial charge on any atom is 0.259 e. The number of aryl methyl sites for hydroxylation is 2. The van der Waals surface area contributed by atoms with Crippen LogP contribution in [0, 0.1) is 13.8 Å². The van der Waals surface area contributed by atoms with E-state index in [1.165, 1.54) is 6.33 Å². The van der Waals surface area contributed by atoms with Crippen molar-refractivity contribution in [2.75, 3.05) is 5.32 Å². The predicted molar refractivity (Wildman–Crippen MR) is 96.7 cm³/mol. The molecule has 0 fully saturated rings. The molecule has 1 N–H and O–H groups in total. The Labute approximate surface area is 154 Å². The largest absolute Gasteiger partial charge is 0.320 e. The third-order valence-corrected chi connectivity index (χ3v) is 4.56. The van der Waals surface area contributed by atoms with Gasteiger partial charge in [0.25, 0.3) is 5.91 Å². The van der Waals surface area contributed by atoms with Gasteiger partial charge in [0.15, 0.2) is 10.3 Å². The van der Waals surface area contributed by atoms with Crippen molar-refractivity contribution in [1.82, 2.24) is 24.3 Å². The smallest absolute Gasteiger partial charge is 0.259 e. The first-order valence-electron chi connectivity index (χ1n) is 7.62. The lowest BCUT2D eigenvalue weighted by atomic mass is 10.2. The van der Waals surface area contributed by atoms with Crippen molar-refractivity contribution >= 4 is 34.8 Å². The molecule has 9 heteroatoms. The van der Waals surface area contributed by atoms with Crippen LogP contribution in [0.3, 0.4) is 0 Å². The van der Waals surface area contributed by atoms with Crippen LogP contribution in [0.5, 0.6) is 0 Å². The highest BCUT2D eigenvalue weighted by molar-refractivity contribution is 6.40. The molecular formula is C16H16Cl2N6O. The summed E-state index contributed by atoms with van der Waals surface area (Å²) < 4.78 is 3.35. The number of carbonyl (C=O) groups excluding carboxylic acids is 1. The van der Waals surface area contributed by atoms with E-state index < -0.39 is 0 Å². The number of hydrogen-bond acceptors (Lipinski definition) is 4. The molecule has 1 amide bonds. The Balaban J connectivity index is 1.81. The molecule has 0 saturated heterocycles. The van der Waals surface area contributed by atoms with Crippen molar-refractivity contribution in [3.8, 4) is 5.82 Å². The zero-order valence-electron chi connectivity index (χ0n) is 13.9. The lowest BCUT2D eigenvalue weighted by Crippen LogP contribution is -2.14. The normalized spacial score (nSPS) is 10.9. The number of rotatable bonds is 4. The highest BCUT2D eigenvalue weighted by Gasteiger charge is 2.18. The van der Waals surface area contributed by atoms with Crippen LogP contribution in [0.4, 0.5) is 5.69 Å². The number of halogens is 2. The molecule has 7 nitrogen and oxygen atoms in total. The second-order valence-electron chi connectivity index (χ2n) is 5.42. The quantitative estimate of drug-likeness (QED) is 0.751. The fraction of sp³-hybridized carbons (Fsp3) is 0.250. The highest BCUT2D eigenvalue weighted by atomic mass is 35.5. The summed E-state index contributed by atoms with van der Waals surface area (Å²) in [6, 6.07) is 3.45. The van der Waals surface area contributed by atoms with E-state index in [1.54, 1.807) is 27.6 Å². The van der Waals surface area contributed by atoms with Crippen molar-refractivity contribution in [1.29, 1.82) is 0 Å². The van der Waals surface area contributed by atoms with Gasteiger partial charge in [-0.05, 0) is 32.9 Å². The summed E-state index contributed by atoms with van der Waals surface area (Å²) in [5.41, 5.74) is 2.68. The van der Waals surface area contributed by atoms with E-state index in [0.29, 0.717) is 29.3 Å². The Kier molecular flexibility index (Phi) is 4.78. The van der Waals surface area contributed by atoms with Gasteiger partial charge in [0.1, 0.15) is 12.1 Å². The zero-order chi connectivity index (χ0) is 18.1. The molecule has 3 heterocycles. The highest BCUT2D eigenvalue weighted by Crippen LogP contribution is 2.23. The zero-order valence-corrected chi connectivity index (χ0v) is 15.4. The summed E-state index contributed by atoms with van der Waals surface area (Å²) in [6.07, 6.45) is 3.03. The Bertz CT molecular complexity index is 929. The molecule has 0 aliphatic carbocycles. The maximum atomic E-state index is 12.6. The minimum atomic E-state index is -0.215. The maximum absolute atomic E-state index is 12.6. The Hall–Kier alpha value is -2.38. The molecule has 0 saturated carbocycles. The summed E-state index contributed by atoms with van der Waals surface area (Å²) in [4.78, 5) is 20.7. The average molecular weight is 379 g/mol. The molecule has 0 radical (unpaired) electrons. The fourth-order valence-electron chi connectivity index (χ4n) is 2.60. The number of nitrogens with one attached hydrogen (secondary N) is 1. The van der Waals surface area contributed by atoms with Gasteiger partial charge in [0.2, 0.25) is 0 Å². The standard InChI is InChI=1S/C16H16Cl2N6O/c1-4-24-10(3)13(9(2)22-24)16(25)21-11-5-6-12(19-7-11)23-8-20-14(17)15(23)18/h5-8H,4H2,1-3H3,(H,21,25). The number of pyridine rings is 1. The summed E-state index contributed by atoms with van der Waals surface area (Å²) in [5.74, 6) is 0.335. The number of amides is 1. The molecule has 0 unspecified atom stereocenters. The minimum absolute atomic E-state index is 0.208. The Morgan fingerprint density at radius 1 is 1.24 bits per heavy atom. The van der Waals surface area contributed by atoms with Crippen molar-refractivity contribution in [2.24, 2.45) is 0 Å². The minimum Gasteiger partial charge on any atom is -0.320 e. The summed E-state index contributed by atoms with van der Waals surface area (Å²) in [6.45, 7) is 6.40. The van der Waals surface area contributed by atoms with Gasteiger partial charge >= 0.3 is 0 Å². The monoisotopic (exact) mass is 378 g/mol. The van der Waals surface area contributed by atoms with E-state index in [-0.39, 0.29) is 16.2 Å². The first-order chi connectivity index (χ1) is 11.9. The van der Waals surface area contributed by atoms with Crippen molar-refractivity contribution < 1.29 is 4.79 Å². The topological polar surface area (TPSA) is 77.6 Å². The van der Waals surface area contributed by atoms with E-state index in [2.05, 4.69) is 20.4 Å². The lowest BCUT2D eigenvalue weighted by molar-refractivity contribution is 0.102. The number of anilines is 1. The molecule has 0 atom stereocenters. The molecule has 3 aromatic rings. The summed E-state index contributed by atoms with van der Waals surface area (Å²) >= 11 is 11.9. The van der Waals surface area contributed by atoms with Crippen LogP contribution in [0.2, 0.25) is 10.3 Å². The summed E-state index contributed by atoms with van der Waals surface area (Å²) in [5, 5.41) is 7.69. The molecular weight excluding hydrogens is 363 g/mol. The molecule has 130 valence electrons. The van der Waals surface area contributed by atoms with E-state index in [1.807, 2.05) is 20.8 Å². The molecule has 0 bridgehead atoms. The van der Waals surface area contributed by atoms with Gasteiger partial charge in [-0.15, -0.1) is 0 Å². The van der Waals surface area contributed by atoms with Gasteiger partial charge in [-0.2, -0.15) is 5.10 Å². The number of nitrogens with zero attached hydrogens (tertiary/aromatic N) is 5. The van der Waals surface area contributed by atoms with Crippen LogP contribution < -0.4 is 5.32 Å². The van der Waals surface area contributed by atoms with Crippen LogP contribution in [0.25, 0.3) is 5.82 Å². The first-order valence-corrected chi connectivity index (χ1v) is 8.38. The average Bonchev–Trinajstić information content (AvgIpc) is 3.07. The molecule has 0 spiro atoms. The van der Waals surface area contributed by atoms with Gasteiger partial charge in [-0.1, -0.05) is 23.2 Å². The van der Waals surface area contributed by atoms with Crippen molar-refractivity contribution in [3.05, 3.63) is 51.9 Å². The van der Waals surface area contributed by atoms with Crippen LogP contribution in [0.15, 0.2) is 24.7 Å². The fourth-order valence-corrected chi connectivity index (χ4v) is 2.91. The van der Waals surface area contributed by atoms with E-state index in [9.17, 15) is 4.79 Å².